The summed E-state index contributed by atoms with van der Waals surface area (Å²) in [4.78, 5) is 13.7. The van der Waals surface area contributed by atoms with E-state index in [9.17, 15) is 9.18 Å². The van der Waals surface area contributed by atoms with Crippen LogP contribution >= 0.6 is 0 Å². The summed E-state index contributed by atoms with van der Waals surface area (Å²) in [6.45, 7) is 6.62. The van der Waals surface area contributed by atoms with E-state index in [1.54, 1.807) is 17.0 Å². The predicted octanol–water partition coefficient (Wildman–Crippen LogP) is 3.81. The molecule has 0 radical (unpaired) electrons. The van der Waals surface area contributed by atoms with Crippen LogP contribution in [0.4, 0.5) is 9.18 Å². The fraction of sp³-hybridized carbons (Fsp3) is 0.529. The molecule has 1 fully saturated rings. The highest BCUT2D eigenvalue weighted by atomic mass is 19.1. The van der Waals surface area contributed by atoms with Crippen molar-refractivity contribution in [1.29, 1.82) is 5.26 Å². The van der Waals surface area contributed by atoms with Crippen molar-refractivity contribution in [3.05, 3.63) is 35.1 Å². The number of hydrogen-bond acceptors (Lipinski definition) is 3. The second-order valence-electron chi connectivity index (χ2n) is 6.59. The van der Waals surface area contributed by atoms with Gasteiger partial charge in [-0.05, 0) is 57.2 Å². The average Bonchev–Trinajstić information content (AvgIpc) is 2.45. The molecule has 1 aliphatic heterocycles. The molecular formula is C17H21FN2O2. The summed E-state index contributed by atoms with van der Waals surface area (Å²) < 4.78 is 19.4. The quantitative estimate of drug-likeness (QED) is 0.792. The molecule has 1 aliphatic rings. The van der Waals surface area contributed by atoms with E-state index in [4.69, 9.17) is 10.00 Å². The number of carbonyl (C=O) groups is 1. The number of ether oxygens (including phenoxy) is 1. The van der Waals surface area contributed by atoms with Crippen molar-refractivity contribution < 1.29 is 13.9 Å². The highest BCUT2D eigenvalue weighted by molar-refractivity contribution is 5.68. The first-order chi connectivity index (χ1) is 10.3. The number of piperidine rings is 1. The van der Waals surface area contributed by atoms with E-state index in [1.165, 1.54) is 6.07 Å². The van der Waals surface area contributed by atoms with Gasteiger partial charge in [0.2, 0.25) is 0 Å². The number of rotatable bonds is 1. The van der Waals surface area contributed by atoms with E-state index in [-0.39, 0.29) is 17.8 Å². The van der Waals surface area contributed by atoms with Gasteiger partial charge in [0.15, 0.2) is 0 Å². The third-order valence-electron chi connectivity index (χ3n) is 3.72. The fourth-order valence-corrected chi connectivity index (χ4v) is 2.63. The van der Waals surface area contributed by atoms with E-state index in [0.29, 0.717) is 37.1 Å². The zero-order chi connectivity index (χ0) is 16.3. The number of halogens is 1. The summed E-state index contributed by atoms with van der Waals surface area (Å²) in [6.07, 6.45) is 1.08. The minimum Gasteiger partial charge on any atom is -0.444 e. The first-order valence-electron chi connectivity index (χ1n) is 7.47. The van der Waals surface area contributed by atoms with Crippen molar-refractivity contribution in [2.45, 2.75) is 45.1 Å². The number of amides is 1. The van der Waals surface area contributed by atoms with Gasteiger partial charge in [0, 0.05) is 13.1 Å². The summed E-state index contributed by atoms with van der Waals surface area (Å²) in [5, 5.41) is 8.78. The van der Waals surface area contributed by atoms with Crippen LogP contribution in [-0.4, -0.2) is 29.7 Å². The number of hydrogen-bond donors (Lipinski definition) is 0. The molecule has 1 aromatic rings. The highest BCUT2D eigenvalue weighted by Crippen LogP contribution is 2.30. The molecule has 1 saturated heterocycles. The van der Waals surface area contributed by atoms with Gasteiger partial charge in [-0.1, -0.05) is 6.07 Å². The number of benzene rings is 1. The smallest absolute Gasteiger partial charge is 0.410 e. The fourth-order valence-electron chi connectivity index (χ4n) is 2.63. The van der Waals surface area contributed by atoms with E-state index < -0.39 is 5.60 Å². The van der Waals surface area contributed by atoms with Gasteiger partial charge in [-0.2, -0.15) is 5.26 Å². The summed E-state index contributed by atoms with van der Waals surface area (Å²) >= 11 is 0. The molecule has 5 heteroatoms. The highest BCUT2D eigenvalue weighted by Gasteiger charge is 2.28. The molecule has 2 rings (SSSR count). The second kappa shape index (κ2) is 6.35. The van der Waals surface area contributed by atoms with Crippen molar-refractivity contribution >= 4 is 6.09 Å². The Hall–Kier alpha value is -2.09. The molecule has 1 aromatic carbocycles. The third kappa shape index (κ3) is 3.97. The van der Waals surface area contributed by atoms with Gasteiger partial charge in [0.05, 0.1) is 11.6 Å². The maximum absolute atomic E-state index is 14.0. The van der Waals surface area contributed by atoms with Gasteiger partial charge in [0.25, 0.3) is 0 Å². The van der Waals surface area contributed by atoms with Crippen molar-refractivity contribution in [2.24, 2.45) is 0 Å². The van der Waals surface area contributed by atoms with Crippen LogP contribution < -0.4 is 0 Å². The van der Waals surface area contributed by atoms with Gasteiger partial charge in [0.1, 0.15) is 11.4 Å². The number of carbonyl (C=O) groups excluding carboxylic acids is 1. The Kier molecular flexibility index (Phi) is 4.70. The molecule has 0 N–H and O–H groups in total. The summed E-state index contributed by atoms with van der Waals surface area (Å²) in [6, 6.07) is 6.53. The SMILES string of the molecule is CC(C)(C)OC(=O)N1CCC(c2ccc(C#N)cc2F)CC1. The topological polar surface area (TPSA) is 53.3 Å². The van der Waals surface area contributed by atoms with Gasteiger partial charge >= 0.3 is 6.09 Å². The largest absolute Gasteiger partial charge is 0.444 e. The summed E-state index contributed by atoms with van der Waals surface area (Å²) in [7, 11) is 0. The van der Waals surface area contributed by atoms with Gasteiger partial charge in [-0.3, -0.25) is 0 Å². The molecular weight excluding hydrogens is 283 g/mol. The molecule has 0 spiro atoms. The monoisotopic (exact) mass is 304 g/mol. The normalized spacial score (nSPS) is 16.2. The Morgan fingerprint density at radius 2 is 2.00 bits per heavy atom. The zero-order valence-electron chi connectivity index (χ0n) is 13.2. The lowest BCUT2D eigenvalue weighted by atomic mass is 9.88. The number of likely N-dealkylation sites (tertiary alicyclic amines) is 1. The van der Waals surface area contributed by atoms with Crippen LogP contribution in [0.25, 0.3) is 0 Å². The molecule has 0 bridgehead atoms. The Labute approximate surface area is 130 Å². The number of nitriles is 1. The number of nitrogens with zero attached hydrogens (tertiary/aromatic N) is 2. The Balaban J connectivity index is 1.98. The Morgan fingerprint density at radius 1 is 1.36 bits per heavy atom. The molecule has 1 amide bonds. The first-order valence-corrected chi connectivity index (χ1v) is 7.47. The van der Waals surface area contributed by atoms with Crippen molar-refractivity contribution in [3.8, 4) is 6.07 Å². The lowest BCUT2D eigenvalue weighted by molar-refractivity contribution is 0.0204. The molecule has 0 aromatic heterocycles. The van der Waals surface area contributed by atoms with Crippen molar-refractivity contribution in [1.82, 2.24) is 4.90 Å². The van der Waals surface area contributed by atoms with Crippen LogP contribution in [-0.2, 0) is 4.74 Å². The molecule has 0 unspecified atom stereocenters. The Bertz CT molecular complexity index is 594. The van der Waals surface area contributed by atoms with E-state index in [0.717, 1.165) is 0 Å². The van der Waals surface area contributed by atoms with Gasteiger partial charge < -0.3 is 9.64 Å². The van der Waals surface area contributed by atoms with Crippen molar-refractivity contribution in [2.75, 3.05) is 13.1 Å². The maximum atomic E-state index is 14.0. The summed E-state index contributed by atoms with van der Waals surface area (Å²) in [5.41, 5.74) is 0.447. The van der Waals surface area contributed by atoms with E-state index >= 15 is 0 Å². The van der Waals surface area contributed by atoms with E-state index in [2.05, 4.69) is 0 Å². The lowest BCUT2D eigenvalue weighted by Gasteiger charge is -2.33. The Morgan fingerprint density at radius 3 is 2.50 bits per heavy atom. The van der Waals surface area contributed by atoms with Crippen molar-refractivity contribution in [3.63, 3.8) is 0 Å². The molecule has 0 saturated carbocycles. The lowest BCUT2D eigenvalue weighted by Crippen LogP contribution is -2.41. The van der Waals surface area contributed by atoms with Crippen LogP contribution in [0.5, 0.6) is 0 Å². The van der Waals surface area contributed by atoms with Crippen LogP contribution in [0, 0.1) is 17.1 Å². The van der Waals surface area contributed by atoms with Gasteiger partial charge in [-0.15, -0.1) is 0 Å². The predicted molar refractivity (Wildman–Crippen MR) is 80.9 cm³/mol. The molecule has 22 heavy (non-hydrogen) atoms. The van der Waals surface area contributed by atoms with Gasteiger partial charge in [-0.25, -0.2) is 9.18 Å². The molecule has 0 aliphatic carbocycles. The van der Waals surface area contributed by atoms with Crippen LogP contribution in [0.3, 0.4) is 0 Å². The standard InChI is InChI=1S/C17H21FN2O2/c1-17(2,3)22-16(21)20-8-6-13(7-9-20)14-5-4-12(11-19)10-15(14)18/h4-5,10,13H,6-9H2,1-3H3. The van der Waals surface area contributed by atoms with Crippen LogP contribution in [0.1, 0.15) is 50.7 Å². The third-order valence-corrected chi connectivity index (χ3v) is 3.72. The second-order valence-corrected chi connectivity index (χ2v) is 6.59. The van der Waals surface area contributed by atoms with Crippen LogP contribution in [0.15, 0.2) is 18.2 Å². The summed E-state index contributed by atoms with van der Waals surface area (Å²) in [5.74, 6) is -0.263. The minimum atomic E-state index is -0.507. The molecule has 0 atom stereocenters. The molecule has 118 valence electrons. The zero-order valence-corrected chi connectivity index (χ0v) is 13.2. The van der Waals surface area contributed by atoms with E-state index in [1.807, 2.05) is 26.8 Å². The minimum absolute atomic E-state index is 0.0754. The maximum Gasteiger partial charge on any atom is 0.410 e. The molecule has 1 heterocycles. The first kappa shape index (κ1) is 16.3. The molecule has 4 nitrogen and oxygen atoms in total. The average molecular weight is 304 g/mol. The van der Waals surface area contributed by atoms with Crippen LogP contribution in [0.2, 0.25) is 0 Å².